The van der Waals surface area contributed by atoms with Crippen LogP contribution in [0.3, 0.4) is 0 Å². The van der Waals surface area contributed by atoms with Crippen molar-refractivity contribution in [2.75, 3.05) is 26.1 Å². The van der Waals surface area contributed by atoms with Gasteiger partial charge in [-0.25, -0.2) is 4.79 Å². The van der Waals surface area contributed by atoms with E-state index in [1.165, 1.54) is 14.2 Å². The van der Waals surface area contributed by atoms with E-state index in [2.05, 4.69) is 5.32 Å². The molecule has 0 radical (unpaired) electrons. The molecule has 1 amide bonds. The van der Waals surface area contributed by atoms with Gasteiger partial charge in [-0.1, -0.05) is 18.2 Å². The molecule has 3 rings (SSSR count). The molecular formula is C17H15N3O5. The number of nitrogens with two attached hydrogens (primary N) is 1. The lowest BCUT2D eigenvalue weighted by molar-refractivity contribution is -0.138. The Balaban J connectivity index is 2.43. The van der Waals surface area contributed by atoms with Crippen molar-refractivity contribution in [2.45, 2.75) is 5.41 Å². The zero-order valence-electron chi connectivity index (χ0n) is 13.6. The average Bonchev–Trinajstić information content (AvgIpc) is 2.88. The molecule has 128 valence electrons. The molecule has 1 spiro atoms. The van der Waals surface area contributed by atoms with Crippen molar-refractivity contribution in [3.63, 3.8) is 0 Å². The van der Waals surface area contributed by atoms with Crippen LogP contribution in [0.1, 0.15) is 5.56 Å². The highest BCUT2D eigenvalue weighted by Crippen LogP contribution is 2.51. The molecule has 0 fully saturated rings. The predicted molar refractivity (Wildman–Crippen MR) is 85.6 cm³/mol. The number of esters is 1. The molecular weight excluding hydrogens is 326 g/mol. The number of para-hydroxylation sites is 1. The zero-order chi connectivity index (χ0) is 18.2. The number of rotatable bonds is 3. The summed E-state index contributed by atoms with van der Waals surface area (Å²) in [5.41, 5.74) is 4.78. The number of benzene rings is 1. The van der Waals surface area contributed by atoms with Crippen molar-refractivity contribution in [3.05, 3.63) is 52.6 Å². The minimum absolute atomic E-state index is 0.0257. The number of hydrogen-bond donors (Lipinski definition) is 2. The topological polar surface area (TPSA) is 124 Å². The number of carbonyl (C=O) groups excluding carboxylic acids is 2. The van der Waals surface area contributed by atoms with Crippen LogP contribution in [0, 0.1) is 11.3 Å². The maximum atomic E-state index is 13.0. The summed E-state index contributed by atoms with van der Waals surface area (Å²) in [5, 5.41) is 12.4. The number of methoxy groups -OCH3 is 2. The fourth-order valence-corrected chi connectivity index (χ4v) is 3.25. The summed E-state index contributed by atoms with van der Waals surface area (Å²) in [4.78, 5) is 25.6. The first-order valence-electron chi connectivity index (χ1n) is 7.32. The average molecular weight is 341 g/mol. The summed E-state index contributed by atoms with van der Waals surface area (Å²) in [5.74, 6) is -1.61. The third-order valence-corrected chi connectivity index (χ3v) is 4.21. The Labute approximate surface area is 143 Å². The Morgan fingerprint density at radius 2 is 2.12 bits per heavy atom. The molecule has 0 unspecified atom stereocenters. The second kappa shape index (κ2) is 5.96. The van der Waals surface area contributed by atoms with Gasteiger partial charge in [0, 0.05) is 18.4 Å². The van der Waals surface area contributed by atoms with Gasteiger partial charge in [-0.2, -0.15) is 5.26 Å². The van der Waals surface area contributed by atoms with Crippen LogP contribution < -0.4 is 11.1 Å². The zero-order valence-corrected chi connectivity index (χ0v) is 13.6. The molecule has 2 heterocycles. The summed E-state index contributed by atoms with van der Waals surface area (Å²) in [6.45, 7) is -0.124. The second-order valence-electron chi connectivity index (χ2n) is 5.43. The standard InChI is InChI=1S/C17H15N3O5/c1-23-8-12-13(15(21)24-2)17(10(7-18)14(19)25-12)9-5-3-4-6-11(9)20-16(17)22/h3-6H,8,19H2,1-2H3,(H,20,22)/t17-/m0/s1. The summed E-state index contributed by atoms with van der Waals surface area (Å²) in [7, 11) is 2.58. The van der Waals surface area contributed by atoms with Gasteiger partial charge in [0.05, 0.1) is 7.11 Å². The SMILES string of the molecule is COCC1=C(C(=O)OC)[C@@]2(C(=O)Nc3ccccc32)C(C#N)=C(N)O1. The molecule has 8 nitrogen and oxygen atoms in total. The molecule has 2 aliphatic heterocycles. The molecule has 1 aromatic carbocycles. The van der Waals surface area contributed by atoms with Crippen LogP contribution >= 0.6 is 0 Å². The van der Waals surface area contributed by atoms with E-state index < -0.39 is 17.3 Å². The molecule has 0 bridgehead atoms. The number of nitrogens with one attached hydrogen (secondary N) is 1. The van der Waals surface area contributed by atoms with Gasteiger partial charge in [-0.15, -0.1) is 0 Å². The third kappa shape index (κ3) is 2.10. The Hall–Kier alpha value is -3.31. The minimum atomic E-state index is -1.74. The number of hydrogen-bond acceptors (Lipinski definition) is 7. The first-order valence-corrected chi connectivity index (χ1v) is 7.32. The molecule has 0 aliphatic carbocycles. The Morgan fingerprint density at radius 1 is 1.40 bits per heavy atom. The second-order valence-corrected chi connectivity index (χ2v) is 5.43. The maximum absolute atomic E-state index is 13.0. The number of nitriles is 1. The first-order chi connectivity index (χ1) is 12.0. The Bertz CT molecular complexity index is 881. The van der Waals surface area contributed by atoms with Crippen molar-refractivity contribution >= 4 is 17.6 Å². The van der Waals surface area contributed by atoms with E-state index >= 15 is 0 Å². The highest BCUT2D eigenvalue weighted by Gasteiger charge is 2.60. The van der Waals surface area contributed by atoms with Gasteiger partial charge in [0.25, 0.3) is 0 Å². The molecule has 0 saturated heterocycles. The van der Waals surface area contributed by atoms with E-state index in [-0.39, 0.29) is 29.4 Å². The fraction of sp³-hybridized carbons (Fsp3) is 0.235. The lowest BCUT2D eigenvalue weighted by Gasteiger charge is -2.34. The predicted octanol–water partition coefficient (Wildman–Crippen LogP) is 0.674. The lowest BCUT2D eigenvalue weighted by Crippen LogP contribution is -2.46. The Morgan fingerprint density at radius 3 is 2.76 bits per heavy atom. The summed E-state index contributed by atoms with van der Waals surface area (Å²) in [6.07, 6.45) is 0. The number of ether oxygens (including phenoxy) is 3. The molecule has 2 aliphatic rings. The third-order valence-electron chi connectivity index (χ3n) is 4.21. The van der Waals surface area contributed by atoms with Crippen LogP contribution in [0.4, 0.5) is 5.69 Å². The van der Waals surface area contributed by atoms with Gasteiger partial charge >= 0.3 is 5.97 Å². The van der Waals surface area contributed by atoms with Crippen molar-refractivity contribution in [1.29, 1.82) is 5.26 Å². The van der Waals surface area contributed by atoms with Gasteiger partial charge in [-0.05, 0) is 6.07 Å². The lowest BCUT2D eigenvalue weighted by atomic mass is 9.68. The molecule has 1 aromatic rings. The molecule has 0 saturated carbocycles. The van der Waals surface area contributed by atoms with E-state index in [0.717, 1.165) is 0 Å². The summed E-state index contributed by atoms with van der Waals surface area (Å²) < 4.78 is 15.3. The molecule has 3 N–H and O–H groups in total. The van der Waals surface area contributed by atoms with Crippen LogP contribution in [-0.4, -0.2) is 32.7 Å². The van der Waals surface area contributed by atoms with Crippen molar-refractivity contribution in [3.8, 4) is 6.07 Å². The van der Waals surface area contributed by atoms with Crippen molar-refractivity contribution in [2.24, 2.45) is 5.73 Å². The minimum Gasteiger partial charge on any atom is -0.466 e. The van der Waals surface area contributed by atoms with E-state index in [9.17, 15) is 14.9 Å². The van der Waals surface area contributed by atoms with Gasteiger partial charge in [-0.3, -0.25) is 4.79 Å². The van der Waals surface area contributed by atoms with E-state index in [4.69, 9.17) is 19.9 Å². The normalized spacial score (nSPS) is 21.6. The monoisotopic (exact) mass is 341 g/mol. The van der Waals surface area contributed by atoms with Crippen LogP contribution in [0.25, 0.3) is 0 Å². The van der Waals surface area contributed by atoms with E-state index in [1.807, 2.05) is 6.07 Å². The number of fused-ring (bicyclic) bond motifs is 2. The van der Waals surface area contributed by atoms with Gasteiger partial charge < -0.3 is 25.3 Å². The molecule has 1 atom stereocenters. The van der Waals surface area contributed by atoms with Crippen molar-refractivity contribution < 1.29 is 23.8 Å². The highest BCUT2D eigenvalue weighted by atomic mass is 16.5. The smallest absolute Gasteiger partial charge is 0.339 e. The molecule has 0 aromatic heterocycles. The van der Waals surface area contributed by atoms with Crippen LogP contribution in [0.5, 0.6) is 0 Å². The van der Waals surface area contributed by atoms with Crippen molar-refractivity contribution in [1.82, 2.24) is 0 Å². The van der Waals surface area contributed by atoms with Gasteiger partial charge in [0.15, 0.2) is 5.41 Å². The number of amides is 1. The van der Waals surface area contributed by atoms with E-state index in [1.54, 1.807) is 24.3 Å². The van der Waals surface area contributed by atoms with Crippen LogP contribution in [0.2, 0.25) is 0 Å². The molecule has 25 heavy (non-hydrogen) atoms. The van der Waals surface area contributed by atoms with E-state index in [0.29, 0.717) is 11.3 Å². The number of nitrogens with zero attached hydrogens (tertiary/aromatic N) is 1. The van der Waals surface area contributed by atoms with Gasteiger partial charge in [0.1, 0.15) is 29.6 Å². The first kappa shape index (κ1) is 16.5. The maximum Gasteiger partial charge on any atom is 0.339 e. The Kier molecular flexibility index (Phi) is 3.94. The van der Waals surface area contributed by atoms with Crippen LogP contribution in [-0.2, 0) is 29.2 Å². The molecule has 8 heteroatoms. The summed E-state index contributed by atoms with van der Waals surface area (Å²) in [6, 6.07) is 8.67. The van der Waals surface area contributed by atoms with Gasteiger partial charge in [0.2, 0.25) is 11.8 Å². The summed E-state index contributed by atoms with van der Waals surface area (Å²) >= 11 is 0. The van der Waals surface area contributed by atoms with Crippen LogP contribution in [0.15, 0.2) is 47.1 Å². The fourth-order valence-electron chi connectivity index (χ4n) is 3.25. The quantitative estimate of drug-likeness (QED) is 0.775. The number of anilines is 1. The largest absolute Gasteiger partial charge is 0.466 e. The highest BCUT2D eigenvalue weighted by molar-refractivity contribution is 6.17. The number of carbonyl (C=O) groups is 2.